The Morgan fingerprint density at radius 1 is 1.06 bits per heavy atom. The van der Waals surface area contributed by atoms with Gasteiger partial charge >= 0.3 is 5.97 Å². The summed E-state index contributed by atoms with van der Waals surface area (Å²) in [7, 11) is 0. The smallest absolute Gasteiger partial charge is 0.326 e. The molecule has 0 aromatic carbocycles. The van der Waals surface area contributed by atoms with Gasteiger partial charge in [0.25, 0.3) is 0 Å². The van der Waals surface area contributed by atoms with Gasteiger partial charge in [0.2, 0.25) is 17.7 Å². The molecule has 0 fully saturated rings. The number of carbonyl (C=O) groups is 4. The maximum Gasteiger partial charge on any atom is 0.326 e. The number of hydrogen-bond donors (Lipinski definition) is 7. The van der Waals surface area contributed by atoms with Crippen molar-refractivity contribution in [3.05, 3.63) is 18.2 Å². The molecule has 1 heterocycles. The number of amides is 3. The van der Waals surface area contributed by atoms with Crippen LogP contribution in [-0.2, 0) is 25.6 Å². The molecule has 5 atom stereocenters. The molecule has 1 rings (SSSR count). The summed E-state index contributed by atoms with van der Waals surface area (Å²) < 4.78 is 0. The first-order chi connectivity index (χ1) is 15.0. The van der Waals surface area contributed by atoms with E-state index in [9.17, 15) is 29.4 Å². The highest BCUT2D eigenvalue weighted by Crippen LogP contribution is 2.10. The van der Waals surface area contributed by atoms with E-state index < -0.39 is 60.4 Å². The predicted molar refractivity (Wildman–Crippen MR) is 115 cm³/mol. The monoisotopic (exact) mass is 454 g/mol. The second-order valence-electron chi connectivity index (χ2n) is 8.07. The van der Waals surface area contributed by atoms with Crippen LogP contribution in [0.1, 0.15) is 39.8 Å². The summed E-state index contributed by atoms with van der Waals surface area (Å²) in [6.07, 6.45) is 3.73. The van der Waals surface area contributed by atoms with Crippen molar-refractivity contribution < 1.29 is 29.4 Å². The molecule has 0 radical (unpaired) electrons. The van der Waals surface area contributed by atoms with Gasteiger partial charge in [-0.2, -0.15) is 0 Å². The van der Waals surface area contributed by atoms with Gasteiger partial charge < -0.3 is 36.9 Å². The van der Waals surface area contributed by atoms with E-state index in [1.807, 2.05) is 6.92 Å². The van der Waals surface area contributed by atoms with Crippen LogP contribution in [0, 0.1) is 11.8 Å². The summed E-state index contributed by atoms with van der Waals surface area (Å²) in [5, 5.41) is 26.1. The lowest BCUT2D eigenvalue weighted by Crippen LogP contribution is -2.60. The fourth-order valence-corrected chi connectivity index (χ4v) is 2.91. The third-order valence-corrected chi connectivity index (χ3v) is 5.17. The van der Waals surface area contributed by atoms with Gasteiger partial charge in [-0.1, -0.05) is 34.1 Å². The number of aliphatic carboxylic acids is 1. The summed E-state index contributed by atoms with van der Waals surface area (Å²) in [5.41, 5.74) is 6.59. The zero-order chi connectivity index (χ0) is 24.4. The Labute approximate surface area is 186 Å². The molecule has 12 nitrogen and oxygen atoms in total. The molecule has 8 N–H and O–H groups in total. The van der Waals surface area contributed by atoms with E-state index in [4.69, 9.17) is 5.73 Å². The molecular weight excluding hydrogens is 420 g/mol. The average molecular weight is 455 g/mol. The second-order valence-corrected chi connectivity index (χ2v) is 8.07. The van der Waals surface area contributed by atoms with Crippen LogP contribution in [0.25, 0.3) is 0 Å². The number of carboxylic acid groups (broad SMARTS) is 1. The number of aliphatic hydroxyl groups is 1. The lowest BCUT2D eigenvalue weighted by Gasteiger charge is -2.27. The number of nitrogens with zero attached hydrogens (tertiary/aromatic N) is 1. The quantitative estimate of drug-likeness (QED) is 0.187. The molecule has 3 amide bonds. The van der Waals surface area contributed by atoms with Crippen LogP contribution in [0.5, 0.6) is 0 Å². The van der Waals surface area contributed by atoms with Crippen molar-refractivity contribution >= 4 is 23.7 Å². The van der Waals surface area contributed by atoms with E-state index in [0.29, 0.717) is 12.1 Å². The lowest BCUT2D eigenvalue weighted by atomic mass is 9.97. The standard InChI is InChI=1S/C20H34N6O6/c1-5-11(4)16(26-17(28)13(21)6-12-7-22-9-23-12)19(30)24-14(8-27)18(29)25-15(10(2)3)20(31)32/h7,9-11,13-16,27H,5-6,8,21H2,1-4H3,(H,22,23)(H,24,30)(H,25,29)(H,26,28)(H,31,32). The van der Waals surface area contributed by atoms with Crippen LogP contribution >= 0.6 is 0 Å². The fraction of sp³-hybridized carbons (Fsp3) is 0.650. The third-order valence-electron chi connectivity index (χ3n) is 5.17. The zero-order valence-corrected chi connectivity index (χ0v) is 18.8. The number of aromatic nitrogens is 2. The van der Waals surface area contributed by atoms with Gasteiger partial charge in [-0.3, -0.25) is 14.4 Å². The normalized spacial score (nSPS) is 15.8. The van der Waals surface area contributed by atoms with E-state index in [1.165, 1.54) is 12.5 Å². The number of nitrogens with one attached hydrogen (secondary N) is 4. The first-order valence-electron chi connectivity index (χ1n) is 10.5. The van der Waals surface area contributed by atoms with Crippen molar-refractivity contribution in [3.8, 4) is 0 Å². The fourth-order valence-electron chi connectivity index (χ4n) is 2.91. The Morgan fingerprint density at radius 2 is 1.69 bits per heavy atom. The molecule has 5 unspecified atom stereocenters. The van der Waals surface area contributed by atoms with Crippen LogP contribution in [0.2, 0.25) is 0 Å². The van der Waals surface area contributed by atoms with E-state index in [0.717, 1.165) is 0 Å². The van der Waals surface area contributed by atoms with Gasteiger partial charge in [0.15, 0.2) is 0 Å². The SMILES string of the molecule is CCC(C)C(NC(=O)C(N)Cc1cnc[nH]1)C(=O)NC(CO)C(=O)NC(C(=O)O)C(C)C. The Bertz CT molecular complexity index is 769. The molecule has 0 spiro atoms. The van der Waals surface area contributed by atoms with Crippen molar-refractivity contribution in [3.63, 3.8) is 0 Å². The van der Waals surface area contributed by atoms with E-state index in [2.05, 4.69) is 25.9 Å². The summed E-state index contributed by atoms with van der Waals surface area (Å²) in [4.78, 5) is 55.9. The first kappa shape index (κ1) is 27.0. The average Bonchev–Trinajstić information content (AvgIpc) is 3.25. The van der Waals surface area contributed by atoms with Gasteiger partial charge in [0.05, 0.1) is 19.0 Å². The number of aromatic amines is 1. The Balaban J connectivity index is 2.85. The number of carboxylic acids is 1. The molecule has 0 saturated heterocycles. The van der Waals surface area contributed by atoms with Crippen LogP contribution in [0.4, 0.5) is 0 Å². The van der Waals surface area contributed by atoms with E-state index in [1.54, 1.807) is 20.8 Å². The summed E-state index contributed by atoms with van der Waals surface area (Å²) in [6.45, 7) is 6.07. The maximum absolute atomic E-state index is 12.9. The Morgan fingerprint density at radius 3 is 2.16 bits per heavy atom. The molecule has 180 valence electrons. The molecule has 0 aliphatic heterocycles. The maximum atomic E-state index is 12.9. The molecule has 0 aliphatic carbocycles. The summed E-state index contributed by atoms with van der Waals surface area (Å²) in [6, 6.07) is -4.51. The molecule has 1 aromatic rings. The minimum Gasteiger partial charge on any atom is -0.480 e. The second kappa shape index (κ2) is 12.8. The Kier molecular flexibility index (Phi) is 10.8. The van der Waals surface area contributed by atoms with Gasteiger partial charge in [-0.25, -0.2) is 9.78 Å². The topological polar surface area (TPSA) is 200 Å². The van der Waals surface area contributed by atoms with Crippen LogP contribution in [-0.4, -0.2) is 74.6 Å². The molecule has 12 heteroatoms. The summed E-state index contributed by atoms with van der Waals surface area (Å²) in [5.74, 6) is -4.03. The van der Waals surface area contributed by atoms with Crippen molar-refractivity contribution in [2.45, 2.75) is 64.7 Å². The number of hydrogen-bond acceptors (Lipinski definition) is 7. The lowest BCUT2D eigenvalue weighted by molar-refractivity contribution is -0.144. The molecule has 0 saturated carbocycles. The number of H-pyrrole nitrogens is 1. The highest BCUT2D eigenvalue weighted by atomic mass is 16.4. The summed E-state index contributed by atoms with van der Waals surface area (Å²) >= 11 is 0. The van der Waals surface area contributed by atoms with Gasteiger partial charge in [0.1, 0.15) is 18.1 Å². The highest BCUT2D eigenvalue weighted by molar-refractivity contribution is 5.94. The molecule has 0 aliphatic rings. The third kappa shape index (κ3) is 7.93. The highest BCUT2D eigenvalue weighted by Gasteiger charge is 2.32. The largest absolute Gasteiger partial charge is 0.480 e. The van der Waals surface area contributed by atoms with E-state index >= 15 is 0 Å². The van der Waals surface area contributed by atoms with Crippen LogP contribution < -0.4 is 21.7 Å². The van der Waals surface area contributed by atoms with Gasteiger partial charge in [0, 0.05) is 18.3 Å². The minimum absolute atomic E-state index is 0.189. The van der Waals surface area contributed by atoms with Gasteiger partial charge in [-0.15, -0.1) is 0 Å². The van der Waals surface area contributed by atoms with Crippen molar-refractivity contribution in [2.75, 3.05) is 6.61 Å². The van der Waals surface area contributed by atoms with E-state index in [-0.39, 0.29) is 12.3 Å². The van der Waals surface area contributed by atoms with Crippen molar-refractivity contribution in [1.29, 1.82) is 0 Å². The predicted octanol–water partition coefficient (Wildman–Crippen LogP) is -1.49. The Hall–Kier alpha value is -2.99. The molecule has 1 aromatic heterocycles. The zero-order valence-electron chi connectivity index (χ0n) is 18.8. The minimum atomic E-state index is -1.38. The number of carbonyl (C=O) groups excluding carboxylic acids is 3. The first-order valence-corrected chi connectivity index (χ1v) is 10.5. The van der Waals surface area contributed by atoms with Crippen LogP contribution in [0.3, 0.4) is 0 Å². The number of nitrogens with two attached hydrogens (primary N) is 1. The van der Waals surface area contributed by atoms with Crippen molar-refractivity contribution in [2.24, 2.45) is 17.6 Å². The molecular formula is C20H34N6O6. The van der Waals surface area contributed by atoms with Crippen LogP contribution in [0.15, 0.2) is 12.5 Å². The molecule has 32 heavy (non-hydrogen) atoms. The van der Waals surface area contributed by atoms with Crippen molar-refractivity contribution in [1.82, 2.24) is 25.9 Å². The number of aliphatic hydroxyl groups excluding tert-OH is 1. The number of imidazole rings is 1. The number of rotatable bonds is 13. The van der Waals surface area contributed by atoms with Gasteiger partial charge in [-0.05, 0) is 11.8 Å². The molecule has 0 bridgehead atoms.